The van der Waals surface area contributed by atoms with Crippen molar-refractivity contribution in [1.82, 2.24) is 19.9 Å². The third-order valence-electron chi connectivity index (χ3n) is 8.50. The minimum atomic E-state index is 0. The maximum Gasteiger partial charge on any atom is 2.00 e. The molecule has 0 unspecified atom stereocenters. The van der Waals surface area contributed by atoms with Gasteiger partial charge in [-0.15, -0.1) is 67.4 Å². The Bertz CT molecular complexity index is 2710. The van der Waals surface area contributed by atoms with Crippen molar-refractivity contribution in [2.75, 3.05) is 0 Å². The molecule has 21 heteroatoms. The Balaban J connectivity index is 0.00000455. The summed E-state index contributed by atoms with van der Waals surface area (Å²) < 4.78 is 8.21. The molecule has 7 aromatic heterocycles. The number of rotatable bonds is 4. The van der Waals surface area contributed by atoms with Crippen molar-refractivity contribution in [3.63, 3.8) is 0 Å². The van der Waals surface area contributed by atoms with Gasteiger partial charge in [-0.25, -0.2) is 9.97 Å². The summed E-state index contributed by atoms with van der Waals surface area (Å²) in [5.41, 5.74) is 8.07. The van der Waals surface area contributed by atoms with Crippen molar-refractivity contribution in [3.05, 3.63) is 107 Å². The Labute approximate surface area is 440 Å². The van der Waals surface area contributed by atoms with E-state index >= 15 is 0 Å². The van der Waals surface area contributed by atoms with E-state index in [2.05, 4.69) is 127 Å². The maximum absolute atomic E-state index is 6.62. The third kappa shape index (κ3) is 7.77. The van der Waals surface area contributed by atoms with Crippen LogP contribution in [0.15, 0.2) is 66.4 Å². The van der Waals surface area contributed by atoms with Gasteiger partial charge in [0.25, 0.3) is 0 Å². The number of nitrogens with zero attached hydrogens (tertiary/aromatic N) is 4. The van der Waals surface area contributed by atoms with Gasteiger partial charge in [0, 0.05) is 59.7 Å². The summed E-state index contributed by atoms with van der Waals surface area (Å²) in [7, 11) is 0. The molecule has 9 rings (SSSR count). The molecule has 7 aromatic rings. The zero-order valence-electron chi connectivity index (χ0n) is 27.3. The first kappa shape index (κ1) is 44.6. The van der Waals surface area contributed by atoms with E-state index in [1.807, 2.05) is 48.5 Å². The molecular formula is C36H8Br8Cl4N4S4Zn. The van der Waals surface area contributed by atoms with Crippen LogP contribution in [0, 0.1) is 0 Å². The first-order valence-electron chi connectivity index (χ1n) is 15.3. The van der Waals surface area contributed by atoms with Crippen molar-refractivity contribution in [1.29, 1.82) is 0 Å². The summed E-state index contributed by atoms with van der Waals surface area (Å²) in [6.45, 7) is 0. The quantitative estimate of drug-likeness (QED) is 0.165. The fourth-order valence-electron chi connectivity index (χ4n) is 6.17. The van der Waals surface area contributed by atoms with Gasteiger partial charge in [-0.3, -0.25) is 0 Å². The fourth-order valence-corrected chi connectivity index (χ4v) is 14.3. The van der Waals surface area contributed by atoms with E-state index in [1.165, 1.54) is 45.3 Å². The maximum atomic E-state index is 6.62. The Morgan fingerprint density at radius 1 is 0.368 bits per heavy atom. The normalized spacial score (nSPS) is 13.0. The number of thiophene rings is 4. The van der Waals surface area contributed by atoms with Crippen molar-refractivity contribution in [3.8, 4) is 41.8 Å². The van der Waals surface area contributed by atoms with Crippen LogP contribution < -0.4 is 9.97 Å². The van der Waals surface area contributed by atoms with Crippen LogP contribution in [-0.2, 0) is 19.5 Å². The topological polar surface area (TPSA) is 54.0 Å². The second-order valence-electron chi connectivity index (χ2n) is 11.7. The molecule has 282 valence electrons. The van der Waals surface area contributed by atoms with Crippen LogP contribution in [0.4, 0.5) is 0 Å². The first-order valence-corrected chi connectivity index (χ1v) is 26.5. The molecule has 57 heavy (non-hydrogen) atoms. The molecule has 0 fully saturated rings. The predicted octanol–water partition coefficient (Wildman–Crippen LogP) is 19.4. The molecule has 4 nitrogen and oxygen atoms in total. The average molecular weight is 1470 g/mol. The molecule has 0 aromatic carbocycles. The first-order chi connectivity index (χ1) is 26.7. The second kappa shape index (κ2) is 17.5. The van der Waals surface area contributed by atoms with Gasteiger partial charge in [0.05, 0.1) is 58.1 Å². The van der Waals surface area contributed by atoms with E-state index in [0.29, 0.717) is 98.0 Å². The largest absolute Gasteiger partial charge is 2.00 e. The Morgan fingerprint density at radius 3 is 0.754 bits per heavy atom. The molecule has 9 heterocycles. The molecule has 0 radical (unpaired) electrons. The second-order valence-corrected chi connectivity index (χ2v) is 24.9. The minimum Gasteiger partial charge on any atom is -0.655 e. The summed E-state index contributed by atoms with van der Waals surface area (Å²) in [6, 6.07) is 15.4. The molecule has 0 aliphatic carbocycles. The molecule has 0 amide bonds. The van der Waals surface area contributed by atoms with Gasteiger partial charge in [-0.1, -0.05) is 110 Å². The molecule has 0 spiro atoms. The molecule has 8 bridgehead atoms. The summed E-state index contributed by atoms with van der Waals surface area (Å²) in [4.78, 5) is 25.1. The Hall–Kier alpha value is 1.02. The van der Waals surface area contributed by atoms with E-state index < -0.39 is 0 Å². The van der Waals surface area contributed by atoms with Gasteiger partial charge >= 0.3 is 19.5 Å². The van der Waals surface area contributed by atoms with Crippen molar-refractivity contribution >= 4 is 259 Å². The molecule has 2 aliphatic rings. The van der Waals surface area contributed by atoms with Crippen molar-refractivity contribution in [2.24, 2.45) is 0 Å². The summed E-state index contributed by atoms with van der Waals surface area (Å²) in [5.74, 6) is 0. The molecule has 0 atom stereocenters. The number of hydrogen-bond acceptors (Lipinski definition) is 6. The number of fused-ring (bicyclic) bond motifs is 8. The van der Waals surface area contributed by atoms with Gasteiger partial charge in [-0.2, -0.15) is 0 Å². The van der Waals surface area contributed by atoms with E-state index in [9.17, 15) is 0 Å². The third-order valence-corrected chi connectivity index (χ3v) is 21.8. The number of halogens is 12. The SMILES string of the molecule is Clc1ccc(-c2c3nc(c(-c4ccc(Cl)s4)c4[n-]c(c(Br)c4Br)c(-c4ccc(Cl)s4)c4nc(c(-c5ccc(Cl)s5)c5[n-]c2c(Br)c5Br)C(Br)=C4Br)C(Br)=C3Br)s1.[Zn+2]. The van der Waals surface area contributed by atoms with Crippen molar-refractivity contribution in [2.45, 2.75) is 0 Å². The minimum absolute atomic E-state index is 0. The van der Waals surface area contributed by atoms with Crippen LogP contribution in [0.1, 0.15) is 22.8 Å². The van der Waals surface area contributed by atoms with E-state index in [1.54, 1.807) is 0 Å². The molecule has 2 aliphatic heterocycles. The molecule has 0 saturated carbocycles. The molecule has 0 saturated heterocycles. The number of aromatic nitrogens is 4. The zero-order chi connectivity index (χ0) is 39.5. The molecular weight excluding hydrogens is 1460 g/mol. The summed E-state index contributed by atoms with van der Waals surface area (Å²) in [5, 5.41) is 0. The van der Waals surface area contributed by atoms with Crippen LogP contribution in [0.3, 0.4) is 0 Å². The van der Waals surface area contributed by atoms with Gasteiger partial charge in [0.2, 0.25) is 0 Å². The monoisotopic (exact) mass is 1460 g/mol. The van der Waals surface area contributed by atoms with Crippen LogP contribution >= 0.6 is 219 Å². The summed E-state index contributed by atoms with van der Waals surface area (Å²) in [6.07, 6.45) is 0. The number of hydrogen-bond donors (Lipinski definition) is 0. The Morgan fingerprint density at radius 2 is 0.579 bits per heavy atom. The van der Waals surface area contributed by atoms with E-state index in [0.717, 1.165) is 41.8 Å². The predicted molar refractivity (Wildman–Crippen MR) is 272 cm³/mol. The standard InChI is InChI=1S/C36H8Br8Cl4N4S4.Zn/c37-21-23(39)31-18(10-2-6-14(46)54-10)33-25(41)27(43)35(51-33)20(12-4-8-16(48)56-12)36-28(44)26(42)34(52-36)19(11-3-7-15(47)55-11)32-24(40)22(38)30(50-32)17(29(21)49-31)9-1-5-13(45)53-9;/h1-8H;/q-2;+2. The Kier molecular flexibility index (Phi) is 13.7. The van der Waals surface area contributed by atoms with Crippen LogP contribution in [0.5, 0.6) is 0 Å². The average Bonchev–Trinajstić information content (AvgIpc) is 4.06. The van der Waals surface area contributed by atoms with Gasteiger partial charge < -0.3 is 9.97 Å². The van der Waals surface area contributed by atoms with Crippen LogP contribution in [0.2, 0.25) is 17.3 Å². The van der Waals surface area contributed by atoms with Gasteiger partial charge in [-0.05, 0) is 112 Å². The molecule has 0 N–H and O–H groups in total. The van der Waals surface area contributed by atoms with Gasteiger partial charge in [0.1, 0.15) is 0 Å². The van der Waals surface area contributed by atoms with Gasteiger partial charge in [0.15, 0.2) is 0 Å². The van der Waals surface area contributed by atoms with E-state index in [4.69, 9.17) is 66.3 Å². The zero-order valence-corrected chi connectivity index (χ0v) is 49.2. The fraction of sp³-hybridized carbons (Fsp3) is 0. The smallest absolute Gasteiger partial charge is 0.655 e. The summed E-state index contributed by atoms with van der Waals surface area (Å²) >= 11 is 63.7. The van der Waals surface area contributed by atoms with Crippen molar-refractivity contribution < 1.29 is 19.5 Å². The van der Waals surface area contributed by atoms with Crippen LogP contribution in [-0.4, -0.2) is 9.97 Å². The van der Waals surface area contributed by atoms with Crippen LogP contribution in [0.25, 0.3) is 81.8 Å². The van der Waals surface area contributed by atoms with E-state index in [-0.39, 0.29) is 19.5 Å².